The highest BCUT2D eigenvalue weighted by molar-refractivity contribution is 5.85. The van der Waals surface area contributed by atoms with Crippen LogP contribution in [0.5, 0.6) is 0 Å². The molecule has 5 heteroatoms. The predicted molar refractivity (Wildman–Crippen MR) is 43.4 cm³/mol. The normalized spacial score (nSPS) is 27.2. The zero-order valence-electron chi connectivity index (χ0n) is 7.28. The number of hydrazine groups is 1. The summed E-state index contributed by atoms with van der Waals surface area (Å²) in [4.78, 5) is 22.4. The first-order valence-corrected chi connectivity index (χ1v) is 4.50. The minimum Gasteiger partial charge on any atom is -0.368 e. The van der Waals surface area contributed by atoms with Crippen LogP contribution in [0.25, 0.3) is 0 Å². The van der Waals surface area contributed by atoms with Gasteiger partial charge in [0, 0.05) is 19.4 Å². The number of hydrogen-bond acceptors (Lipinski definition) is 3. The number of carbonyl (C=O) groups is 2. The van der Waals surface area contributed by atoms with E-state index in [2.05, 4.69) is 5.43 Å². The quantitative estimate of drug-likeness (QED) is 0.625. The number of ether oxygens (including phenoxy) is 1. The molecule has 2 heterocycles. The molecular weight excluding hydrogens is 172 g/mol. The highest BCUT2D eigenvalue weighted by Gasteiger charge is 2.30. The molecule has 2 saturated heterocycles. The molecule has 2 aliphatic heterocycles. The molecule has 1 unspecified atom stereocenters. The Kier molecular flexibility index (Phi) is 2.18. The van der Waals surface area contributed by atoms with Gasteiger partial charge in [-0.1, -0.05) is 0 Å². The van der Waals surface area contributed by atoms with Crippen LogP contribution in [0.3, 0.4) is 0 Å². The summed E-state index contributed by atoms with van der Waals surface area (Å²) in [6, 6.07) is 0. The van der Waals surface area contributed by atoms with Gasteiger partial charge >= 0.3 is 0 Å². The Labute approximate surface area is 76.0 Å². The third kappa shape index (κ3) is 1.65. The van der Waals surface area contributed by atoms with Crippen LogP contribution < -0.4 is 5.43 Å². The maximum absolute atomic E-state index is 11.3. The molecule has 0 bridgehead atoms. The monoisotopic (exact) mass is 184 g/mol. The van der Waals surface area contributed by atoms with Crippen molar-refractivity contribution in [2.45, 2.75) is 25.4 Å². The molecule has 2 amide bonds. The lowest BCUT2D eigenvalue weighted by atomic mass is 10.2. The summed E-state index contributed by atoms with van der Waals surface area (Å²) < 4.78 is 4.99. The number of rotatable bonds is 2. The van der Waals surface area contributed by atoms with Crippen molar-refractivity contribution in [1.82, 2.24) is 10.4 Å². The third-order valence-electron chi connectivity index (χ3n) is 2.31. The SMILES string of the molecule is O=C(NN1CCCC1=O)C1CCO1. The van der Waals surface area contributed by atoms with E-state index in [4.69, 9.17) is 4.74 Å². The average Bonchev–Trinajstić information content (AvgIpc) is 2.32. The molecule has 0 aromatic carbocycles. The standard InChI is InChI=1S/C8H12N2O3/c11-7-2-1-4-10(7)9-8(12)6-3-5-13-6/h6H,1-5H2,(H,9,12). The lowest BCUT2D eigenvalue weighted by Crippen LogP contribution is -2.50. The molecule has 1 N–H and O–H groups in total. The molecule has 13 heavy (non-hydrogen) atoms. The minimum absolute atomic E-state index is 0.00678. The van der Waals surface area contributed by atoms with E-state index in [0.29, 0.717) is 19.6 Å². The second-order valence-corrected chi connectivity index (χ2v) is 3.27. The van der Waals surface area contributed by atoms with E-state index in [1.165, 1.54) is 5.01 Å². The minimum atomic E-state index is -0.339. The highest BCUT2D eigenvalue weighted by Crippen LogP contribution is 2.12. The van der Waals surface area contributed by atoms with Crippen molar-refractivity contribution >= 4 is 11.8 Å². The van der Waals surface area contributed by atoms with Crippen molar-refractivity contribution in [3.8, 4) is 0 Å². The molecule has 2 rings (SSSR count). The molecular formula is C8H12N2O3. The van der Waals surface area contributed by atoms with E-state index in [-0.39, 0.29) is 17.9 Å². The van der Waals surface area contributed by atoms with Crippen LogP contribution in [0.2, 0.25) is 0 Å². The van der Waals surface area contributed by atoms with Crippen LogP contribution in [0.15, 0.2) is 0 Å². The largest absolute Gasteiger partial charge is 0.368 e. The molecule has 0 saturated carbocycles. The van der Waals surface area contributed by atoms with E-state index < -0.39 is 0 Å². The van der Waals surface area contributed by atoms with E-state index >= 15 is 0 Å². The second-order valence-electron chi connectivity index (χ2n) is 3.27. The number of hydrogen-bond donors (Lipinski definition) is 1. The number of amides is 2. The summed E-state index contributed by atoms with van der Waals surface area (Å²) in [5, 5.41) is 1.38. The molecule has 5 nitrogen and oxygen atoms in total. The van der Waals surface area contributed by atoms with Crippen LogP contribution >= 0.6 is 0 Å². The smallest absolute Gasteiger partial charge is 0.267 e. The van der Waals surface area contributed by atoms with Gasteiger partial charge in [-0.2, -0.15) is 0 Å². The zero-order valence-corrected chi connectivity index (χ0v) is 7.28. The van der Waals surface area contributed by atoms with E-state index in [1.54, 1.807) is 0 Å². The third-order valence-corrected chi connectivity index (χ3v) is 2.31. The summed E-state index contributed by atoms with van der Waals surface area (Å²) in [6.07, 6.45) is 1.78. The van der Waals surface area contributed by atoms with E-state index in [9.17, 15) is 9.59 Å². The topological polar surface area (TPSA) is 58.6 Å². The molecule has 0 radical (unpaired) electrons. The molecule has 0 aromatic heterocycles. The lowest BCUT2D eigenvalue weighted by molar-refractivity contribution is -0.153. The van der Waals surface area contributed by atoms with Gasteiger partial charge < -0.3 is 4.74 Å². The number of nitrogens with zero attached hydrogens (tertiary/aromatic N) is 1. The van der Waals surface area contributed by atoms with Gasteiger partial charge in [-0.05, 0) is 6.42 Å². The van der Waals surface area contributed by atoms with Gasteiger partial charge in [0.1, 0.15) is 6.10 Å². The Bertz CT molecular complexity index is 238. The van der Waals surface area contributed by atoms with Crippen LogP contribution in [0, 0.1) is 0 Å². The average molecular weight is 184 g/mol. The lowest BCUT2D eigenvalue weighted by Gasteiger charge is -2.27. The van der Waals surface area contributed by atoms with Crippen LogP contribution in [-0.4, -0.2) is 36.1 Å². The summed E-state index contributed by atoms with van der Waals surface area (Å²) in [5.41, 5.74) is 2.55. The van der Waals surface area contributed by atoms with Crippen molar-refractivity contribution in [3.63, 3.8) is 0 Å². The molecule has 0 aromatic rings. The fourth-order valence-electron chi connectivity index (χ4n) is 1.41. The highest BCUT2D eigenvalue weighted by atomic mass is 16.5. The van der Waals surface area contributed by atoms with E-state index in [1.807, 2.05) is 0 Å². The first kappa shape index (κ1) is 8.50. The van der Waals surface area contributed by atoms with E-state index in [0.717, 1.165) is 12.8 Å². The first-order chi connectivity index (χ1) is 6.27. The fraction of sp³-hybridized carbons (Fsp3) is 0.750. The Morgan fingerprint density at radius 1 is 1.62 bits per heavy atom. The first-order valence-electron chi connectivity index (χ1n) is 4.50. The van der Waals surface area contributed by atoms with Crippen LogP contribution in [-0.2, 0) is 14.3 Å². The Balaban J connectivity index is 1.82. The molecule has 72 valence electrons. The summed E-state index contributed by atoms with van der Waals surface area (Å²) in [7, 11) is 0. The number of nitrogens with one attached hydrogen (secondary N) is 1. The van der Waals surface area contributed by atoms with Gasteiger partial charge in [-0.15, -0.1) is 0 Å². The van der Waals surface area contributed by atoms with Gasteiger partial charge in [0.2, 0.25) is 5.91 Å². The van der Waals surface area contributed by atoms with Crippen LogP contribution in [0.4, 0.5) is 0 Å². The maximum atomic E-state index is 11.3. The fourth-order valence-corrected chi connectivity index (χ4v) is 1.41. The van der Waals surface area contributed by atoms with Gasteiger partial charge in [0.25, 0.3) is 5.91 Å². The molecule has 0 aliphatic carbocycles. The van der Waals surface area contributed by atoms with Gasteiger partial charge in [0.15, 0.2) is 0 Å². The maximum Gasteiger partial charge on any atom is 0.267 e. The van der Waals surface area contributed by atoms with Crippen molar-refractivity contribution in [3.05, 3.63) is 0 Å². The van der Waals surface area contributed by atoms with Crippen molar-refractivity contribution in [2.24, 2.45) is 0 Å². The molecule has 2 fully saturated rings. The van der Waals surface area contributed by atoms with Gasteiger partial charge in [-0.25, -0.2) is 0 Å². The van der Waals surface area contributed by atoms with Gasteiger partial charge in [0.05, 0.1) is 6.61 Å². The molecule has 1 atom stereocenters. The summed E-state index contributed by atoms with van der Waals surface area (Å²) in [5.74, 6) is -0.200. The molecule has 2 aliphatic rings. The Morgan fingerprint density at radius 3 is 2.85 bits per heavy atom. The Morgan fingerprint density at radius 2 is 2.38 bits per heavy atom. The van der Waals surface area contributed by atoms with Crippen molar-refractivity contribution < 1.29 is 14.3 Å². The summed E-state index contributed by atoms with van der Waals surface area (Å²) in [6.45, 7) is 1.27. The molecule has 0 spiro atoms. The zero-order chi connectivity index (χ0) is 9.26. The number of carbonyl (C=O) groups excluding carboxylic acids is 2. The predicted octanol–water partition coefficient (Wildman–Crippen LogP) is -0.571. The summed E-state index contributed by atoms with van der Waals surface area (Å²) >= 11 is 0. The van der Waals surface area contributed by atoms with Gasteiger partial charge in [-0.3, -0.25) is 20.0 Å². The Hall–Kier alpha value is -1.10. The van der Waals surface area contributed by atoms with Crippen molar-refractivity contribution in [1.29, 1.82) is 0 Å². The van der Waals surface area contributed by atoms with Crippen molar-refractivity contribution in [2.75, 3.05) is 13.2 Å². The van der Waals surface area contributed by atoms with Crippen LogP contribution in [0.1, 0.15) is 19.3 Å². The second kappa shape index (κ2) is 3.33.